The summed E-state index contributed by atoms with van der Waals surface area (Å²) in [5, 5.41) is 15.8. The van der Waals surface area contributed by atoms with Gasteiger partial charge in [-0.25, -0.2) is 4.79 Å². The van der Waals surface area contributed by atoms with Crippen LogP contribution in [0.5, 0.6) is 0 Å². The van der Waals surface area contributed by atoms with E-state index in [4.69, 9.17) is 4.74 Å². The summed E-state index contributed by atoms with van der Waals surface area (Å²) in [6, 6.07) is 7.45. The Hall–Kier alpha value is -3.63. The summed E-state index contributed by atoms with van der Waals surface area (Å²) in [4.78, 5) is 34.7. The van der Waals surface area contributed by atoms with E-state index in [1.165, 1.54) is 32.2 Å². The van der Waals surface area contributed by atoms with E-state index in [-0.39, 0.29) is 22.6 Å². The second kappa shape index (κ2) is 8.59. The second-order valence-electron chi connectivity index (χ2n) is 5.85. The summed E-state index contributed by atoms with van der Waals surface area (Å²) in [6.07, 6.45) is -5.95. The monoisotopic (exact) mass is 411 g/mol. The lowest BCUT2D eigenvalue weighted by molar-refractivity contribution is -0.384. The smallest absolute Gasteiger partial charge is 0.416 e. The highest BCUT2D eigenvalue weighted by atomic mass is 19.4. The minimum absolute atomic E-state index is 0.126. The number of esters is 1. The molecular weight excluding hydrogens is 395 g/mol. The number of ether oxygens (including phenoxy) is 1. The average Bonchev–Trinajstić information content (AvgIpc) is 2.66. The number of anilines is 2. The van der Waals surface area contributed by atoms with Gasteiger partial charge in [0.05, 0.1) is 16.1 Å². The lowest BCUT2D eigenvalue weighted by Crippen LogP contribution is -2.30. The number of nitrogens with one attached hydrogen (secondary N) is 2. The molecular formula is C18H16F3N3O5. The van der Waals surface area contributed by atoms with E-state index >= 15 is 0 Å². The van der Waals surface area contributed by atoms with Gasteiger partial charge in [-0.15, -0.1) is 0 Å². The molecule has 0 aromatic heterocycles. The van der Waals surface area contributed by atoms with Crippen LogP contribution in [0.15, 0.2) is 42.5 Å². The zero-order valence-corrected chi connectivity index (χ0v) is 15.2. The summed E-state index contributed by atoms with van der Waals surface area (Å²) >= 11 is 0. The predicted molar refractivity (Wildman–Crippen MR) is 97.6 cm³/mol. The molecule has 0 saturated heterocycles. The van der Waals surface area contributed by atoms with Crippen LogP contribution >= 0.6 is 0 Å². The lowest BCUT2D eigenvalue weighted by atomic mass is 10.1. The Kier molecular flexibility index (Phi) is 6.42. The molecule has 2 N–H and O–H groups in total. The third kappa shape index (κ3) is 5.43. The SMILES string of the molecule is CNc1ccc([N+](=O)[O-])cc1C(=O)OC(C)C(=O)Nc1cccc(C(F)(F)F)c1. The van der Waals surface area contributed by atoms with E-state index in [9.17, 15) is 32.9 Å². The van der Waals surface area contributed by atoms with E-state index in [1.807, 2.05) is 0 Å². The molecule has 0 heterocycles. The minimum atomic E-state index is -4.58. The van der Waals surface area contributed by atoms with Crippen molar-refractivity contribution < 1.29 is 32.4 Å². The normalized spacial score (nSPS) is 12.0. The first-order chi connectivity index (χ1) is 13.5. The first-order valence-corrected chi connectivity index (χ1v) is 8.18. The highest BCUT2D eigenvalue weighted by Crippen LogP contribution is 2.30. The zero-order valence-electron chi connectivity index (χ0n) is 15.2. The fraction of sp³-hybridized carbons (Fsp3) is 0.222. The number of amides is 1. The molecule has 8 nitrogen and oxygen atoms in total. The van der Waals surface area contributed by atoms with Crippen LogP contribution in [0, 0.1) is 10.1 Å². The van der Waals surface area contributed by atoms with E-state index in [2.05, 4.69) is 10.6 Å². The Bertz CT molecular complexity index is 947. The van der Waals surface area contributed by atoms with Crippen molar-refractivity contribution in [3.63, 3.8) is 0 Å². The van der Waals surface area contributed by atoms with E-state index in [0.29, 0.717) is 0 Å². The molecule has 0 aliphatic heterocycles. The number of hydrogen-bond donors (Lipinski definition) is 2. The van der Waals surface area contributed by atoms with Crippen LogP contribution in [0.25, 0.3) is 0 Å². The van der Waals surface area contributed by atoms with Crippen molar-refractivity contribution in [3.8, 4) is 0 Å². The number of benzene rings is 2. The topological polar surface area (TPSA) is 111 Å². The number of nitrogens with zero attached hydrogens (tertiary/aromatic N) is 1. The Morgan fingerprint density at radius 3 is 2.45 bits per heavy atom. The van der Waals surface area contributed by atoms with Gasteiger partial charge in [0.2, 0.25) is 0 Å². The molecule has 11 heteroatoms. The lowest BCUT2D eigenvalue weighted by Gasteiger charge is -2.15. The van der Waals surface area contributed by atoms with Crippen molar-refractivity contribution in [1.82, 2.24) is 0 Å². The summed E-state index contributed by atoms with van der Waals surface area (Å²) in [6.45, 7) is 1.22. The Morgan fingerprint density at radius 2 is 1.86 bits per heavy atom. The molecule has 2 rings (SSSR count). The largest absolute Gasteiger partial charge is 0.449 e. The molecule has 29 heavy (non-hydrogen) atoms. The molecule has 0 aliphatic carbocycles. The van der Waals surface area contributed by atoms with Gasteiger partial charge in [0, 0.05) is 30.6 Å². The van der Waals surface area contributed by atoms with Crippen LogP contribution in [0.4, 0.5) is 30.2 Å². The number of nitro groups is 1. The molecule has 1 unspecified atom stereocenters. The number of rotatable bonds is 6. The molecule has 0 radical (unpaired) electrons. The highest BCUT2D eigenvalue weighted by Gasteiger charge is 2.31. The van der Waals surface area contributed by atoms with Gasteiger partial charge in [-0.05, 0) is 31.2 Å². The van der Waals surface area contributed by atoms with Gasteiger partial charge < -0.3 is 15.4 Å². The van der Waals surface area contributed by atoms with Crippen molar-refractivity contribution in [2.24, 2.45) is 0 Å². The maximum atomic E-state index is 12.7. The van der Waals surface area contributed by atoms with E-state index < -0.39 is 34.6 Å². The van der Waals surface area contributed by atoms with Gasteiger partial charge in [0.15, 0.2) is 6.10 Å². The summed E-state index contributed by atoms with van der Waals surface area (Å²) in [5.41, 5.74) is -1.35. The second-order valence-corrected chi connectivity index (χ2v) is 5.85. The Labute approximate surface area is 162 Å². The van der Waals surface area contributed by atoms with Crippen LogP contribution in [0.3, 0.4) is 0 Å². The van der Waals surface area contributed by atoms with Crippen molar-refractivity contribution in [2.45, 2.75) is 19.2 Å². The molecule has 0 bridgehead atoms. The first-order valence-electron chi connectivity index (χ1n) is 8.18. The van der Waals surface area contributed by atoms with Crippen molar-refractivity contribution in [3.05, 3.63) is 63.7 Å². The van der Waals surface area contributed by atoms with Crippen molar-refractivity contribution in [1.29, 1.82) is 0 Å². The van der Waals surface area contributed by atoms with Gasteiger partial charge >= 0.3 is 12.1 Å². The maximum Gasteiger partial charge on any atom is 0.416 e. The average molecular weight is 411 g/mol. The number of non-ortho nitro benzene ring substituents is 1. The van der Waals surface area contributed by atoms with Crippen LogP contribution < -0.4 is 10.6 Å². The van der Waals surface area contributed by atoms with E-state index in [1.54, 1.807) is 0 Å². The quantitative estimate of drug-likeness (QED) is 0.425. The van der Waals surface area contributed by atoms with Gasteiger partial charge in [-0.3, -0.25) is 14.9 Å². The first kappa shape index (κ1) is 21.7. The predicted octanol–water partition coefficient (Wildman–Crippen LogP) is 3.84. The van der Waals surface area contributed by atoms with Gasteiger partial charge in [-0.1, -0.05) is 6.07 Å². The number of alkyl halides is 3. The fourth-order valence-corrected chi connectivity index (χ4v) is 2.33. The maximum absolute atomic E-state index is 12.7. The fourth-order valence-electron chi connectivity index (χ4n) is 2.33. The minimum Gasteiger partial charge on any atom is -0.449 e. The molecule has 154 valence electrons. The third-order valence-corrected chi connectivity index (χ3v) is 3.81. The van der Waals surface area contributed by atoms with Crippen molar-refractivity contribution >= 4 is 28.9 Å². The standard InChI is InChI=1S/C18H16F3N3O5/c1-10(16(25)23-12-5-3-4-11(8-12)18(19,20)21)29-17(26)14-9-13(24(27)28)6-7-15(14)22-2/h3-10,22H,1-2H3,(H,23,25). The number of nitro benzene ring substituents is 1. The van der Waals surface area contributed by atoms with Gasteiger partial charge in [0.25, 0.3) is 11.6 Å². The molecule has 2 aromatic rings. The molecule has 0 spiro atoms. The number of halogens is 3. The zero-order chi connectivity index (χ0) is 21.8. The highest BCUT2D eigenvalue weighted by molar-refractivity contribution is 6.00. The number of carbonyl (C=O) groups is 2. The summed E-state index contributed by atoms with van der Waals surface area (Å²) in [5.74, 6) is -1.88. The Morgan fingerprint density at radius 1 is 1.17 bits per heavy atom. The van der Waals surface area contributed by atoms with Crippen LogP contribution in [-0.4, -0.2) is 30.0 Å². The Balaban J connectivity index is 2.13. The molecule has 1 amide bonds. The molecule has 0 fully saturated rings. The van der Waals surface area contributed by atoms with Crippen molar-refractivity contribution in [2.75, 3.05) is 17.7 Å². The van der Waals surface area contributed by atoms with Crippen LogP contribution in [0.1, 0.15) is 22.8 Å². The molecule has 1 atom stereocenters. The number of hydrogen-bond acceptors (Lipinski definition) is 6. The number of carbonyl (C=O) groups excluding carboxylic acids is 2. The van der Waals surface area contributed by atoms with Gasteiger partial charge in [0.1, 0.15) is 0 Å². The summed E-state index contributed by atoms with van der Waals surface area (Å²) in [7, 11) is 1.49. The molecule has 0 saturated carbocycles. The van der Waals surface area contributed by atoms with Crippen LogP contribution in [-0.2, 0) is 15.7 Å². The molecule has 0 aliphatic rings. The third-order valence-electron chi connectivity index (χ3n) is 3.81. The van der Waals surface area contributed by atoms with E-state index in [0.717, 1.165) is 24.3 Å². The summed E-state index contributed by atoms with van der Waals surface area (Å²) < 4.78 is 43.3. The van der Waals surface area contributed by atoms with Crippen LogP contribution in [0.2, 0.25) is 0 Å². The molecule has 2 aromatic carbocycles. The van der Waals surface area contributed by atoms with Gasteiger partial charge in [-0.2, -0.15) is 13.2 Å².